The quantitative estimate of drug-likeness (QED) is 0.110. The molecule has 0 spiro atoms. The highest BCUT2D eigenvalue weighted by atomic mass is 16.5. The van der Waals surface area contributed by atoms with E-state index >= 15 is 0 Å². The highest BCUT2D eigenvalue weighted by Crippen LogP contribution is 2.41. The smallest absolute Gasteiger partial charge is 0.148 e. The standard InChI is InChI=1S/C39H59N5O/c1-8-12-14-16-20-32(11-4)30-44(29-31(10-3)19-13-9-2)35-24-26-38(39(5,6)28-35)43-41-34-23-25-36(37(27-34)45-7)42-40-33-21-17-15-18-22-33/h15,17-18,21-27,31-32H,8-14,16,19-20,28-30H2,1-7H3. The molecule has 246 valence electrons. The fourth-order valence-corrected chi connectivity index (χ4v) is 6.05. The zero-order valence-electron chi connectivity index (χ0n) is 29.3. The van der Waals surface area contributed by atoms with E-state index in [1.54, 1.807) is 7.11 Å². The normalized spacial score (nSPS) is 16.1. The van der Waals surface area contributed by atoms with Gasteiger partial charge in [0.25, 0.3) is 0 Å². The summed E-state index contributed by atoms with van der Waals surface area (Å²) in [4.78, 5) is 2.75. The van der Waals surface area contributed by atoms with E-state index in [1.807, 2.05) is 48.5 Å². The predicted molar refractivity (Wildman–Crippen MR) is 190 cm³/mol. The second kappa shape index (κ2) is 19.3. The van der Waals surface area contributed by atoms with Gasteiger partial charge in [-0.2, -0.15) is 15.3 Å². The van der Waals surface area contributed by atoms with Crippen LogP contribution in [0.15, 0.2) is 92.5 Å². The monoisotopic (exact) mass is 613 g/mol. The van der Waals surface area contributed by atoms with Crippen LogP contribution in [-0.2, 0) is 0 Å². The summed E-state index contributed by atoms with van der Waals surface area (Å²) in [5, 5.41) is 18.1. The second-order valence-corrected chi connectivity index (χ2v) is 13.3. The van der Waals surface area contributed by atoms with Gasteiger partial charge in [-0.25, -0.2) is 0 Å². The van der Waals surface area contributed by atoms with E-state index in [-0.39, 0.29) is 5.41 Å². The molecule has 45 heavy (non-hydrogen) atoms. The van der Waals surface area contributed by atoms with Crippen molar-refractivity contribution in [1.29, 1.82) is 0 Å². The van der Waals surface area contributed by atoms with E-state index in [0.29, 0.717) is 11.4 Å². The summed E-state index contributed by atoms with van der Waals surface area (Å²) in [7, 11) is 1.64. The number of ether oxygens (including phenoxy) is 1. The molecule has 0 radical (unpaired) electrons. The molecule has 0 amide bonds. The van der Waals surface area contributed by atoms with Gasteiger partial charge in [0.15, 0.2) is 0 Å². The number of nitrogens with zero attached hydrogens (tertiary/aromatic N) is 5. The summed E-state index contributed by atoms with van der Waals surface area (Å²) in [5.74, 6) is 2.10. The van der Waals surface area contributed by atoms with Crippen LogP contribution in [0.4, 0.5) is 17.1 Å². The van der Waals surface area contributed by atoms with Crippen molar-refractivity contribution in [2.45, 2.75) is 112 Å². The molecule has 6 heteroatoms. The molecule has 0 fully saturated rings. The van der Waals surface area contributed by atoms with E-state index in [1.165, 1.54) is 69.9 Å². The van der Waals surface area contributed by atoms with E-state index in [0.717, 1.165) is 48.4 Å². The first-order valence-corrected chi connectivity index (χ1v) is 17.6. The van der Waals surface area contributed by atoms with Crippen LogP contribution in [-0.4, -0.2) is 25.1 Å². The van der Waals surface area contributed by atoms with Gasteiger partial charge in [0.1, 0.15) is 11.4 Å². The summed E-state index contributed by atoms with van der Waals surface area (Å²) in [6.07, 6.45) is 18.6. The topological polar surface area (TPSA) is 61.9 Å². The zero-order chi connectivity index (χ0) is 32.5. The number of methoxy groups -OCH3 is 1. The summed E-state index contributed by atoms with van der Waals surface area (Å²) in [5.41, 5.74) is 4.52. The molecule has 0 saturated carbocycles. The minimum atomic E-state index is -0.117. The summed E-state index contributed by atoms with van der Waals surface area (Å²) in [6.45, 7) is 16.3. The number of benzene rings is 2. The molecule has 0 bridgehead atoms. The molecule has 0 aliphatic heterocycles. The van der Waals surface area contributed by atoms with Crippen molar-refractivity contribution in [2.24, 2.45) is 37.7 Å². The van der Waals surface area contributed by atoms with Crippen molar-refractivity contribution in [3.05, 3.63) is 72.1 Å². The molecule has 1 aliphatic carbocycles. The van der Waals surface area contributed by atoms with Crippen molar-refractivity contribution in [3.8, 4) is 5.75 Å². The molecule has 2 aromatic carbocycles. The molecule has 2 aromatic rings. The summed E-state index contributed by atoms with van der Waals surface area (Å²) < 4.78 is 5.61. The van der Waals surface area contributed by atoms with Gasteiger partial charge in [0.05, 0.1) is 24.2 Å². The van der Waals surface area contributed by atoms with Crippen molar-refractivity contribution in [3.63, 3.8) is 0 Å². The molecule has 0 heterocycles. The number of azo groups is 2. The van der Waals surface area contributed by atoms with Crippen molar-refractivity contribution in [2.75, 3.05) is 20.2 Å². The minimum absolute atomic E-state index is 0.117. The number of unbranched alkanes of at least 4 members (excludes halogenated alkanes) is 4. The van der Waals surface area contributed by atoms with Crippen LogP contribution < -0.4 is 4.74 Å². The van der Waals surface area contributed by atoms with Gasteiger partial charge in [-0.3, -0.25) is 0 Å². The number of hydrogen-bond acceptors (Lipinski definition) is 6. The average Bonchev–Trinajstić information content (AvgIpc) is 3.05. The number of allylic oxidation sites excluding steroid dienone is 4. The van der Waals surface area contributed by atoms with E-state index in [2.05, 4.69) is 73.9 Å². The molecular weight excluding hydrogens is 554 g/mol. The Morgan fingerprint density at radius 2 is 1.40 bits per heavy atom. The van der Waals surface area contributed by atoms with Gasteiger partial charge in [0.2, 0.25) is 0 Å². The third-order valence-electron chi connectivity index (χ3n) is 9.17. The van der Waals surface area contributed by atoms with E-state index in [9.17, 15) is 0 Å². The molecule has 1 aliphatic rings. The van der Waals surface area contributed by atoms with Crippen LogP contribution in [0.1, 0.15) is 112 Å². The lowest BCUT2D eigenvalue weighted by atomic mass is 9.80. The van der Waals surface area contributed by atoms with E-state index < -0.39 is 0 Å². The van der Waals surface area contributed by atoms with Crippen LogP contribution in [0.2, 0.25) is 0 Å². The number of rotatable bonds is 20. The molecule has 0 aromatic heterocycles. The SMILES string of the molecule is CCCCCCC(CC)CN(CC(CC)CCCC)C1=CC=C(N=Nc2ccc(N=Nc3ccccc3)c(OC)c2)C(C)(C)C1. The van der Waals surface area contributed by atoms with Crippen molar-refractivity contribution >= 4 is 17.1 Å². The molecule has 2 unspecified atom stereocenters. The maximum absolute atomic E-state index is 5.61. The first-order valence-electron chi connectivity index (χ1n) is 17.6. The lowest BCUT2D eigenvalue weighted by molar-refractivity contribution is 0.203. The molecule has 0 N–H and O–H groups in total. The minimum Gasteiger partial charge on any atom is -0.494 e. The largest absolute Gasteiger partial charge is 0.494 e. The fourth-order valence-electron chi connectivity index (χ4n) is 6.05. The van der Waals surface area contributed by atoms with Gasteiger partial charge >= 0.3 is 0 Å². The van der Waals surface area contributed by atoms with Crippen molar-refractivity contribution < 1.29 is 4.74 Å². The predicted octanol–water partition coefficient (Wildman–Crippen LogP) is 12.9. The molecule has 0 saturated heterocycles. The Morgan fingerprint density at radius 1 is 0.733 bits per heavy atom. The van der Waals surface area contributed by atoms with Gasteiger partial charge in [-0.15, -0.1) is 5.11 Å². The number of hydrogen-bond donors (Lipinski definition) is 0. The Hall–Kier alpha value is -3.28. The Balaban J connectivity index is 1.80. The third kappa shape index (κ3) is 11.9. The fraction of sp³-hybridized carbons (Fsp3) is 0.590. The molecular formula is C39H59N5O. The highest BCUT2D eigenvalue weighted by molar-refractivity contribution is 5.58. The highest BCUT2D eigenvalue weighted by Gasteiger charge is 2.31. The Labute approximate surface area is 274 Å². The van der Waals surface area contributed by atoms with E-state index in [4.69, 9.17) is 9.85 Å². The third-order valence-corrected chi connectivity index (χ3v) is 9.17. The zero-order valence-corrected chi connectivity index (χ0v) is 29.3. The van der Waals surface area contributed by atoms with Gasteiger partial charge < -0.3 is 9.64 Å². The molecule has 2 atom stereocenters. The summed E-state index contributed by atoms with van der Waals surface area (Å²) in [6, 6.07) is 15.4. The van der Waals surface area contributed by atoms with Crippen LogP contribution in [0.3, 0.4) is 0 Å². The van der Waals surface area contributed by atoms with Crippen LogP contribution >= 0.6 is 0 Å². The van der Waals surface area contributed by atoms with Gasteiger partial charge in [-0.1, -0.05) is 111 Å². The Morgan fingerprint density at radius 3 is 2.02 bits per heavy atom. The molecule has 6 nitrogen and oxygen atoms in total. The summed E-state index contributed by atoms with van der Waals surface area (Å²) >= 11 is 0. The first kappa shape index (κ1) is 36.2. The second-order valence-electron chi connectivity index (χ2n) is 13.3. The first-order chi connectivity index (χ1) is 21.8. The average molecular weight is 614 g/mol. The molecule has 3 rings (SSSR count). The van der Waals surface area contributed by atoms with Crippen LogP contribution in [0.25, 0.3) is 0 Å². The Kier molecular flexibility index (Phi) is 15.5. The van der Waals surface area contributed by atoms with Gasteiger partial charge in [-0.05, 0) is 67.5 Å². The van der Waals surface area contributed by atoms with Crippen molar-refractivity contribution in [1.82, 2.24) is 4.90 Å². The maximum Gasteiger partial charge on any atom is 0.148 e. The lowest BCUT2D eigenvalue weighted by Crippen LogP contribution is -2.36. The maximum atomic E-state index is 5.61. The van der Waals surface area contributed by atoms with Crippen LogP contribution in [0, 0.1) is 17.3 Å². The van der Waals surface area contributed by atoms with Crippen LogP contribution in [0.5, 0.6) is 5.75 Å². The lowest BCUT2D eigenvalue weighted by Gasteiger charge is -2.39. The Bertz CT molecular complexity index is 1260. The van der Waals surface area contributed by atoms with Gasteiger partial charge in [0, 0.05) is 30.3 Å².